The minimum Gasteiger partial charge on any atom is -1.00 e. The fraction of sp³-hybridized carbons (Fsp3) is 0.0345. The molecule has 0 aromatic heterocycles. The van der Waals surface area contributed by atoms with Gasteiger partial charge in [-0.3, -0.25) is 0 Å². The third kappa shape index (κ3) is 6.23. The van der Waals surface area contributed by atoms with Crippen molar-refractivity contribution in [1.29, 1.82) is 0 Å². The third-order valence-corrected chi connectivity index (χ3v) is 6.97. The summed E-state index contributed by atoms with van der Waals surface area (Å²) in [4.78, 5) is 0. The third-order valence-electron chi connectivity index (χ3n) is 5.56. The van der Waals surface area contributed by atoms with Crippen LogP contribution in [0, 0.1) is 6.92 Å². The van der Waals surface area contributed by atoms with Crippen LogP contribution in [0.5, 0.6) is 0 Å². The van der Waals surface area contributed by atoms with Crippen molar-refractivity contribution in [3.05, 3.63) is 121 Å². The van der Waals surface area contributed by atoms with Gasteiger partial charge in [0.15, 0.2) is 0 Å². The average molecular weight is 652 g/mol. The maximum Gasteiger partial charge on any atom is 4.00 e. The van der Waals surface area contributed by atoms with Crippen LogP contribution in [0.3, 0.4) is 0 Å². The molecule has 0 amide bonds. The number of benzene rings is 4. The van der Waals surface area contributed by atoms with Gasteiger partial charge in [0.2, 0.25) is 0 Å². The molecule has 6 aromatic rings. The van der Waals surface area contributed by atoms with Crippen LogP contribution >= 0.6 is 8.58 Å². The van der Waals surface area contributed by atoms with Gasteiger partial charge in [0, 0.05) is 0 Å². The van der Waals surface area contributed by atoms with Gasteiger partial charge in [-0.05, 0) is 17.8 Å². The Kier molecular flexibility index (Phi) is 10.5. The molecule has 0 fully saturated rings. The first-order chi connectivity index (χ1) is 14.8. The van der Waals surface area contributed by atoms with Crippen molar-refractivity contribution in [2.45, 2.75) is 6.92 Å². The van der Waals surface area contributed by atoms with Gasteiger partial charge in [-0.2, -0.15) is 6.07 Å². The van der Waals surface area contributed by atoms with Gasteiger partial charge >= 0.3 is 25.8 Å². The summed E-state index contributed by atoms with van der Waals surface area (Å²) < 4.78 is 0. The van der Waals surface area contributed by atoms with E-state index in [1.54, 1.807) is 0 Å². The zero-order valence-corrected chi connectivity index (χ0v) is 24.3. The quantitative estimate of drug-likeness (QED) is 0.150. The molecule has 0 bridgehead atoms. The van der Waals surface area contributed by atoms with Gasteiger partial charge in [0.25, 0.3) is 0 Å². The van der Waals surface area contributed by atoms with Crippen LogP contribution in [0.2, 0.25) is 0 Å². The molecule has 0 aliphatic carbocycles. The first-order valence-corrected chi connectivity index (χ1v) is 11.3. The Bertz CT molecular complexity index is 1360. The fourth-order valence-corrected chi connectivity index (χ4v) is 5.22. The molecule has 0 spiro atoms. The van der Waals surface area contributed by atoms with Crippen molar-refractivity contribution in [2.75, 3.05) is 0 Å². The zero-order chi connectivity index (χ0) is 20.3. The standard InChI is InChI=1S/C16H14P.C13H9.2ClH.Hf/c1-12-6-2-5-9-16(12)17-15-10-13-7-3-4-8-14(13)11-15;1-3-7-12-10(5-1)9-11-6-2-4-8-13(11)12;;;/h2-11,17H,1H3;1-9H;2*1H;/q2*-1;;;+4/p-2. The normalized spacial score (nSPS) is 10.3. The molecule has 4 heteroatoms. The van der Waals surface area contributed by atoms with E-state index in [2.05, 4.69) is 122 Å². The van der Waals surface area contributed by atoms with Crippen LogP contribution in [-0.4, -0.2) is 0 Å². The van der Waals surface area contributed by atoms with Crippen molar-refractivity contribution in [2.24, 2.45) is 0 Å². The number of halogens is 2. The molecule has 0 saturated heterocycles. The van der Waals surface area contributed by atoms with Crippen molar-refractivity contribution in [3.63, 3.8) is 0 Å². The van der Waals surface area contributed by atoms with Crippen molar-refractivity contribution >= 4 is 51.5 Å². The zero-order valence-electron chi connectivity index (χ0n) is 18.2. The molecule has 0 saturated carbocycles. The summed E-state index contributed by atoms with van der Waals surface area (Å²) in [5, 5.41) is 11.0. The molecule has 1 unspecified atom stereocenters. The molecular formula is C29H23Cl2HfP. The van der Waals surface area contributed by atoms with E-state index in [1.807, 2.05) is 0 Å². The first-order valence-electron chi connectivity index (χ1n) is 10.3. The molecule has 0 N–H and O–H groups in total. The smallest absolute Gasteiger partial charge is 1.00 e. The molecular weight excluding hydrogens is 629 g/mol. The van der Waals surface area contributed by atoms with E-state index < -0.39 is 0 Å². The van der Waals surface area contributed by atoms with Crippen LogP contribution in [0.25, 0.3) is 32.3 Å². The number of hydrogen-bond donors (Lipinski definition) is 0. The van der Waals surface area contributed by atoms with Gasteiger partial charge < -0.3 is 24.8 Å². The number of hydrogen-bond acceptors (Lipinski definition) is 0. The topological polar surface area (TPSA) is 0 Å². The Morgan fingerprint density at radius 2 is 1.09 bits per heavy atom. The monoisotopic (exact) mass is 652 g/mol. The van der Waals surface area contributed by atoms with Crippen LogP contribution in [-0.2, 0) is 25.8 Å². The summed E-state index contributed by atoms with van der Waals surface area (Å²) in [5.74, 6) is 0. The van der Waals surface area contributed by atoms with Crippen molar-refractivity contribution in [3.8, 4) is 0 Å². The summed E-state index contributed by atoms with van der Waals surface area (Å²) in [6, 6.07) is 41.1. The van der Waals surface area contributed by atoms with E-state index in [0.717, 1.165) is 8.58 Å². The number of aryl methyl sites for hydroxylation is 1. The van der Waals surface area contributed by atoms with E-state index >= 15 is 0 Å². The van der Waals surface area contributed by atoms with Gasteiger partial charge in [0.05, 0.1) is 0 Å². The molecule has 0 heterocycles. The first kappa shape index (κ1) is 27.5. The summed E-state index contributed by atoms with van der Waals surface area (Å²) in [6.07, 6.45) is 0. The summed E-state index contributed by atoms with van der Waals surface area (Å²) in [5.41, 5.74) is 1.39. The summed E-state index contributed by atoms with van der Waals surface area (Å²) >= 11 is 0. The van der Waals surface area contributed by atoms with Crippen LogP contribution < -0.4 is 35.4 Å². The maximum atomic E-state index is 2.31. The Hall–Kier alpha value is -1.76. The summed E-state index contributed by atoms with van der Waals surface area (Å²) in [7, 11) is 0.759. The van der Waals surface area contributed by atoms with E-state index in [0.29, 0.717) is 0 Å². The number of rotatable bonds is 2. The molecule has 0 aliphatic rings. The summed E-state index contributed by atoms with van der Waals surface area (Å²) in [6.45, 7) is 2.19. The predicted molar refractivity (Wildman–Crippen MR) is 135 cm³/mol. The Morgan fingerprint density at radius 3 is 1.70 bits per heavy atom. The molecule has 0 radical (unpaired) electrons. The van der Waals surface area contributed by atoms with E-state index in [1.165, 1.54) is 48.5 Å². The van der Waals surface area contributed by atoms with Crippen molar-refractivity contribution < 1.29 is 50.7 Å². The second kappa shape index (κ2) is 12.6. The minimum absolute atomic E-state index is 0. The molecule has 6 rings (SSSR count). The molecule has 33 heavy (non-hydrogen) atoms. The van der Waals surface area contributed by atoms with Gasteiger partial charge in [-0.25, -0.2) is 0 Å². The van der Waals surface area contributed by atoms with E-state index in [9.17, 15) is 0 Å². The molecule has 6 aromatic carbocycles. The van der Waals surface area contributed by atoms with Crippen LogP contribution in [0.4, 0.5) is 0 Å². The van der Waals surface area contributed by atoms with Crippen molar-refractivity contribution in [1.82, 2.24) is 0 Å². The Morgan fingerprint density at radius 1 is 0.576 bits per heavy atom. The average Bonchev–Trinajstić information content (AvgIpc) is 3.36. The van der Waals surface area contributed by atoms with Crippen LogP contribution in [0.15, 0.2) is 115 Å². The van der Waals surface area contributed by atoms with Gasteiger partial charge in [-0.1, -0.05) is 75.3 Å². The minimum atomic E-state index is 0. The Labute approximate surface area is 228 Å². The molecule has 1 atom stereocenters. The maximum absolute atomic E-state index is 2.31. The van der Waals surface area contributed by atoms with Gasteiger partial charge in [0.1, 0.15) is 0 Å². The molecule has 0 aliphatic heterocycles. The predicted octanol–water partition coefficient (Wildman–Crippen LogP) is 1.21. The largest absolute Gasteiger partial charge is 4.00 e. The van der Waals surface area contributed by atoms with Crippen LogP contribution in [0.1, 0.15) is 5.56 Å². The second-order valence-electron chi connectivity index (χ2n) is 7.63. The van der Waals surface area contributed by atoms with E-state index in [4.69, 9.17) is 0 Å². The SMILES string of the molecule is Cc1ccccc1Pc1cc2ccccc2[cH-]1.[Cl-].[Cl-].[Hf+4].c1ccc2c(c1)[cH-]c1ccccc12. The fourth-order valence-electron chi connectivity index (χ4n) is 4.00. The molecule has 0 nitrogen and oxygen atoms in total. The van der Waals surface area contributed by atoms with E-state index in [-0.39, 0.29) is 50.7 Å². The molecule has 162 valence electrons. The Balaban J connectivity index is 0.000000220. The number of fused-ring (bicyclic) bond motifs is 4. The second-order valence-corrected chi connectivity index (χ2v) is 9.00. The van der Waals surface area contributed by atoms with Gasteiger partial charge in [-0.15, -0.1) is 80.1 Å².